The summed E-state index contributed by atoms with van der Waals surface area (Å²) < 4.78 is 1.21. The van der Waals surface area contributed by atoms with Crippen LogP contribution in [0.3, 0.4) is 0 Å². The van der Waals surface area contributed by atoms with Crippen LogP contribution in [-0.4, -0.2) is 0 Å². The van der Waals surface area contributed by atoms with Gasteiger partial charge in [-0.25, -0.2) is 0 Å². The van der Waals surface area contributed by atoms with Crippen molar-refractivity contribution >= 4 is 37.5 Å². The van der Waals surface area contributed by atoms with Gasteiger partial charge in [0.1, 0.15) is 0 Å². The van der Waals surface area contributed by atoms with Gasteiger partial charge in [-0.2, -0.15) is 0 Å². The van der Waals surface area contributed by atoms with E-state index in [2.05, 4.69) is 71.4 Å². The maximum Gasteiger partial charge on any atom is 0.0332 e. The van der Waals surface area contributed by atoms with Gasteiger partial charge in [0.05, 0.1) is 0 Å². The number of benzene rings is 3. The molecule has 0 aromatic heterocycles. The normalized spacial score (nSPS) is 11.2. The maximum atomic E-state index is 3.75. The van der Waals surface area contributed by atoms with Crippen molar-refractivity contribution in [1.82, 2.24) is 0 Å². The zero-order valence-corrected chi connectivity index (χ0v) is 11.3. The van der Waals surface area contributed by atoms with Crippen LogP contribution >= 0.6 is 15.9 Å². The minimum Gasteiger partial charge on any atom is -0.0616 e. The van der Waals surface area contributed by atoms with Crippen molar-refractivity contribution in [2.45, 2.75) is 13.3 Å². The molecule has 0 aliphatic rings. The third-order valence-electron chi connectivity index (χ3n) is 3.33. The molecule has 0 saturated heterocycles. The fourth-order valence-electron chi connectivity index (χ4n) is 2.55. The monoisotopic (exact) mass is 284 g/mol. The van der Waals surface area contributed by atoms with Crippen LogP contribution in [0.4, 0.5) is 0 Å². The molecule has 84 valence electrons. The van der Waals surface area contributed by atoms with E-state index in [9.17, 15) is 0 Å². The minimum absolute atomic E-state index is 1.06. The van der Waals surface area contributed by atoms with Crippen molar-refractivity contribution in [3.63, 3.8) is 0 Å². The largest absolute Gasteiger partial charge is 0.0616 e. The second kappa shape index (κ2) is 4.15. The first kappa shape index (κ1) is 10.8. The van der Waals surface area contributed by atoms with Crippen molar-refractivity contribution in [3.8, 4) is 0 Å². The van der Waals surface area contributed by atoms with E-state index in [0.29, 0.717) is 0 Å². The van der Waals surface area contributed by atoms with Crippen molar-refractivity contribution in [2.24, 2.45) is 0 Å². The minimum atomic E-state index is 1.06. The van der Waals surface area contributed by atoms with Crippen LogP contribution in [-0.2, 0) is 6.42 Å². The molecular formula is C16H13Br. The molecule has 0 aliphatic carbocycles. The van der Waals surface area contributed by atoms with E-state index >= 15 is 0 Å². The molecule has 0 N–H and O–H groups in total. The van der Waals surface area contributed by atoms with Crippen LogP contribution in [0.5, 0.6) is 0 Å². The van der Waals surface area contributed by atoms with Gasteiger partial charge in [0.25, 0.3) is 0 Å². The summed E-state index contributed by atoms with van der Waals surface area (Å²) in [6.07, 6.45) is 1.06. The predicted octanol–water partition coefficient (Wildman–Crippen LogP) is 5.32. The summed E-state index contributed by atoms with van der Waals surface area (Å²) in [7, 11) is 0. The topological polar surface area (TPSA) is 0 Å². The Hall–Kier alpha value is -1.34. The number of rotatable bonds is 1. The number of aryl methyl sites for hydroxylation is 1. The first-order chi connectivity index (χ1) is 8.33. The van der Waals surface area contributed by atoms with E-state index in [-0.39, 0.29) is 0 Å². The molecular weight excluding hydrogens is 272 g/mol. The lowest BCUT2D eigenvalue weighted by Gasteiger charge is -2.12. The van der Waals surface area contributed by atoms with Crippen LogP contribution < -0.4 is 0 Å². The van der Waals surface area contributed by atoms with Gasteiger partial charge in [0.2, 0.25) is 0 Å². The van der Waals surface area contributed by atoms with Gasteiger partial charge < -0.3 is 0 Å². The van der Waals surface area contributed by atoms with E-state index in [1.807, 2.05) is 0 Å². The standard InChI is InChI=1S/C16H13Br/c1-2-11-12-7-3-5-9-14(12)16(17)15-10-6-4-8-13(11)15/h3-10H,2H2,1H3. The second-order valence-electron chi connectivity index (χ2n) is 4.24. The molecule has 0 bridgehead atoms. The average Bonchev–Trinajstić information content (AvgIpc) is 2.40. The van der Waals surface area contributed by atoms with Crippen molar-refractivity contribution in [1.29, 1.82) is 0 Å². The molecule has 0 radical (unpaired) electrons. The van der Waals surface area contributed by atoms with Crippen LogP contribution in [0.2, 0.25) is 0 Å². The molecule has 0 nitrogen and oxygen atoms in total. The fourth-order valence-corrected chi connectivity index (χ4v) is 3.24. The Morgan fingerprint density at radius 1 is 0.765 bits per heavy atom. The Morgan fingerprint density at radius 2 is 1.18 bits per heavy atom. The molecule has 0 amide bonds. The zero-order valence-electron chi connectivity index (χ0n) is 9.70. The van der Waals surface area contributed by atoms with Crippen LogP contribution in [0.15, 0.2) is 53.0 Å². The van der Waals surface area contributed by atoms with Gasteiger partial charge in [-0.05, 0) is 49.5 Å². The summed E-state index contributed by atoms with van der Waals surface area (Å²) in [5.41, 5.74) is 1.44. The highest BCUT2D eigenvalue weighted by Gasteiger charge is 2.09. The molecule has 0 fully saturated rings. The molecule has 3 rings (SSSR count). The Morgan fingerprint density at radius 3 is 1.59 bits per heavy atom. The molecule has 0 atom stereocenters. The van der Waals surface area contributed by atoms with E-state index in [1.54, 1.807) is 0 Å². The first-order valence-electron chi connectivity index (χ1n) is 5.90. The Bertz CT molecular complexity index is 641. The van der Waals surface area contributed by atoms with Gasteiger partial charge >= 0.3 is 0 Å². The fraction of sp³-hybridized carbons (Fsp3) is 0.125. The molecule has 0 unspecified atom stereocenters. The van der Waals surface area contributed by atoms with Gasteiger partial charge in [-0.3, -0.25) is 0 Å². The summed E-state index contributed by atoms with van der Waals surface area (Å²) in [6, 6.07) is 17.2. The lowest BCUT2D eigenvalue weighted by Crippen LogP contribution is -1.88. The molecule has 17 heavy (non-hydrogen) atoms. The Kier molecular flexibility index (Phi) is 2.64. The second-order valence-corrected chi connectivity index (χ2v) is 5.03. The van der Waals surface area contributed by atoms with Crippen LogP contribution in [0, 0.1) is 0 Å². The average molecular weight is 285 g/mol. The SMILES string of the molecule is CCc1c2ccccc2c(Br)c2ccccc12. The number of halogens is 1. The van der Waals surface area contributed by atoms with Gasteiger partial charge in [0.15, 0.2) is 0 Å². The third-order valence-corrected chi connectivity index (χ3v) is 4.19. The van der Waals surface area contributed by atoms with Crippen molar-refractivity contribution in [2.75, 3.05) is 0 Å². The maximum absolute atomic E-state index is 3.75. The van der Waals surface area contributed by atoms with E-state index in [4.69, 9.17) is 0 Å². The summed E-state index contributed by atoms with van der Waals surface area (Å²) in [5.74, 6) is 0. The van der Waals surface area contributed by atoms with Gasteiger partial charge in [-0.1, -0.05) is 55.5 Å². The lowest BCUT2D eigenvalue weighted by molar-refractivity contribution is 1.18. The predicted molar refractivity (Wildman–Crippen MR) is 78.5 cm³/mol. The lowest BCUT2D eigenvalue weighted by atomic mass is 9.95. The molecule has 3 aromatic carbocycles. The summed E-state index contributed by atoms with van der Waals surface area (Å²) in [5, 5.41) is 5.34. The Labute approximate surface area is 109 Å². The summed E-state index contributed by atoms with van der Waals surface area (Å²) in [4.78, 5) is 0. The molecule has 1 heteroatoms. The molecule has 0 heterocycles. The van der Waals surface area contributed by atoms with Crippen molar-refractivity contribution < 1.29 is 0 Å². The smallest absolute Gasteiger partial charge is 0.0332 e. The third kappa shape index (κ3) is 1.57. The van der Waals surface area contributed by atoms with Crippen LogP contribution in [0.1, 0.15) is 12.5 Å². The summed E-state index contributed by atoms with van der Waals surface area (Å²) >= 11 is 3.75. The highest BCUT2D eigenvalue weighted by Crippen LogP contribution is 2.36. The highest BCUT2D eigenvalue weighted by atomic mass is 79.9. The first-order valence-corrected chi connectivity index (χ1v) is 6.70. The quantitative estimate of drug-likeness (QED) is 0.531. The Balaban J connectivity index is 2.63. The zero-order chi connectivity index (χ0) is 11.8. The van der Waals surface area contributed by atoms with Gasteiger partial charge in [-0.15, -0.1) is 0 Å². The highest BCUT2D eigenvalue weighted by molar-refractivity contribution is 9.10. The van der Waals surface area contributed by atoms with Crippen molar-refractivity contribution in [3.05, 3.63) is 58.6 Å². The van der Waals surface area contributed by atoms with Gasteiger partial charge in [0, 0.05) is 4.47 Å². The molecule has 0 spiro atoms. The van der Waals surface area contributed by atoms with E-state index in [0.717, 1.165) is 6.42 Å². The molecule has 3 aromatic rings. The summed E-state index contributed by atoms with van der Waals surface area (Å²) in [6.45, 7) is 2.22. The number of hydrogen-bond donors (Lipinski definition) is 0. The van der Waals surface area contributed by atoms with E-state index in [1.165, 1.54) is 31.6 Å². The molecule has 0 aliphatic heterocycles. The van der Waals surface area contributed by atoms with E-state index < -0.39 is 0 Å². The number of hydrogen-bond acceptors (Lipinski definition) is 0. The number of fused-ring (bicyclic) bond motifs is 2. The molecule has 0 saturated carbocycles. The van der Waals surface area contributed by atoms with Crippen LogP contribution in [0.25, 0.3) is 21.5 Å².